The van der Waals surface area contributed by atoms with Gasteiger partial charge in [0.1, 0.15) is 11.6 Å². The average molecular weight is 331 g/mol. The van der Waals surface area contributed by atoms with Gasteiger partial charge in [-0.05, 0) is 38.5 Å². The van der Waals surface area contributed by atoms with Gasteiger partial charge in [-0.15, -0.1) is 11.3 Å². The van der Waals surface area contributed by atoms with E-state index < -0.39 is 0 Å². The Balaban J connectivity index is 1.67. The lowest BCUT2D eigenvalue weighted by Gasteiger charge is -2.17. The van der Waals surface area contributed by atoms with Gasteiger partial charge in [-0.2, -0.15) is 0 Å². The van der Waals surface area contributed by atoms with Gasteiger partial charge < -0.3 is 10.1 Å². The fourth-order valence-electron chi connectivity index (χ4n) is 2.56. The van der Waals surface area contributed by atoms with Crippen molar-refractivity contribution >= 4 is 23.1 Å². The van der Waals surface area contributed by atoms with Crippen LogP contribution in [-0.4, -0.2) is 24.2 Å². The predicted molar refractivity (Wildman–Crippen MR) is 92.0 cm³/mol. The maximum Gasteiger partial charge on any atom is 0.414 e. The van der Waals surface area contributed by atoms with Crippen LogP contribution in [0.15, 0.2) is 24.3 Å². The van der Waals surface area contributed by atoms with Crippen molar-refractivity contribution in [1.82, 2.24) is 10.3 Å². The Labute approximate surface area is 140 Å². The average Bonchev–Trinajstić information content (AvgIpc) is 3.11. The first-order chi connectivity index (χ1) is 11.0. The highest BCUT2D eigenvalue weighted by molar-refractivity contribution is 7.11. The first-order valence-electron chi connectivity index (χ1n) is 7.75. The number of hydrogen-bond donors (Lipinski definition) is 1. The number of aryl methyl sites for hydroxylation is 2. The summed E-state index contributed by atoms with van der Waals surface area (Å²) in [6, 6.07) is 8.21. The molecule has 1 amide bonds. The summed E-state index contributed by atoms with van der Waals surface area (Å²) in [6.07, 6.45) is -0.267. The summed E-state index contributed by atoms with van der Waals surface area (Å²) in [5.41, 5.74) is 3.14. The predicted octanol–water partition coefficient (Wildman–Crippen LogP) is 3.57. The third kappa shape index (κ3) is 3.54. The van der Waals surface area contributed by atoms with Crippen LogP contribution in [-0.2, 0) is 11.3 Å². The normalized spacial score (nSPS) is 15.8. The molecule has 3 rings (SSSR count). The molecule has 1 atom stereocenters. The van der Waals surface area contributed by atoms with Crippen molar-refractivity contribution in [1.29, 1.82) is 0 Å². The zero-order valence-corrected chi connectivity index (χ0v) is 14.4. The van der Waals surface area contributed by atoms with Crippen LogP contribution in [0.4, 0.5) is 10.5 Å². The molecule has 0 spiro atoms. The lowest BCUT2D eigenvalue weighted by atomic mass is 10.1. The molecule has 0 aliphatic carbocycles. The van der Waals surface area contributed by atoms with Crippen LogP contribution >= 0.6 is 11.3 Å². The van der Waals surface area contributed by atoms with Crippen LogP contribution in [0.25, 0.3) is 0 Å². The minimum Gasteiger partial charge on any atom is -0.447 e. The van der Waals surface area contributed by atoms with Crippen molar-refractivity contribution in [2.45, 2.75) is 33.4 Å². The van der Waals surface area contributed by atoms with Gasteiger partial charge in [0.05, 0.1) is 12.2 Å². The Kier molecular flexibility index (Phi) is 4.63. The van der Waals surface area contributed by atoms with Crippen LogP contribution in [0, 0.1) is 13.8 Å². The second-order valence-electron chi connectivity index (χ2n) is 5.71. The van der Waals surface area contributed by atoms with Gasteiger partial charge in [0.15, 0.2) is 0 Å². The quantitative estimate of drug-likeness (QED) is 0.910. The molecule has 0 bridgehead atoms. The molecule has 1 saturated heterocycles. The van der Waals surface area contributed by atoms with E-state index in [2.05, 4.69) is 30.2 Å². The van der Waals surface area contributed by atoms with E-state index in [-0.39, 0.29) is 12.1 Å². The van der Waals surface area contributed by atoms with Crippen molar-refractivity contribution in [2.24, 2.45) is 0 Å². The van der Waals surface area contributed by atoms with Gasteiger partial charge in [-0.3, -0.25) is 4.90 Å². The number of ether oxygens (including phenoxy) is 1. The molecule has 1 aromatic heterocycles. The number of aromatic nitrogens is 1. The van der Waals surface area contributed by atoms with Gasteiger partial charge in [0.2, 0.25) is 0 Å². The molecular formula is C17H21N3O2S. The Morgan fingerprint density at radius 1 is 1.43 bits per heavy atom. The molecule has 1 fully saturated rings. The SMILES string of the molecule is Cc1nc(CN[C@@H](C)c2cccc(N3CCOC3=O)c2)sc1C. The number of cyclic esters (lactones) is 1. The van der Waals surface area contributed by atoms with Gasteiger partial charge in [0, 0.05) is 23.2 Å². The topological polar surface area (TPSA) is 54.5 Å². The lowest BCUT2D eigenvalue weighted by molar-refractivity contribution is 0.181. The number of anilines is 1. The summed E-state index contributed by atoms with van der Waals surface area (Å²) in [5.74, 6) is 0. The number of hydrogen-bond acceptors (Lipinski definition) is 5. The molecule has 1 aliphatic rings. The molecule has 2 heterocycles. The van der Waals surface area contributed by atoms with Crippen LogP contribution in [0.1, 0.15) is 34.1 Å². The molecular weight excluding hydrogens is 310 g/mol. The number of nitrogens with zero attached hydrogens (tertiary/aromatic N) is 2. The summed E-state index contributed by atoms with van der Waals surface area (Å²) in [6.45, 7) is 8.07. The first-order valence-corrected chi connectivity index (χ1v) is 8.57. The molecule has 0 unspecified atom stereocenters. The molecule has 0 saturated carbocycles. The number of benzene rings is 1. The van der Waals surface area contributed by atoms with Gasteiger partial charge >= 0.3 is 6.09 Å². The van der Waals surface area contributed by atoms with Gasteiger partial charge in [-0.1, -0.05) is 12.1 Å². The van der Waals surface area contributed by atoms with Crippen LogP contribution in [0.3, 0.4) is 0 Å². The summed E-state index contributed by atoms with van der Waals surface area (Å²) in [4.78, 5) is 19.2. The minimum absolute atomic E-state index is 0.179. The minimum atomic E-state index is -0.267. The van der Waals surface area contributed by atoms with Gasteiger partial charge in [-0.25, -0.2) is 9.78 Å². The fraction of sp³-hybridized carbons (Fsp3) is 0.412. The highest BCUT2D eigenvalue weighted by atomic mass is 32.1. The molecule has 1 aliphatic heterocycles. The van der Waals surface area contributed by atoms with Crippen LogP contribution < -0.4 is 10.2 Å². The van der Waals surface area contributed by atoms with Crippen molar-refractivity contribution in [3.05, 3.63) is 45.4 Å². The van der Waals surface area contributed by atoms with E-state index in [1.54, 1.807) is 16.2 Å². The molecule has 0 radical (unpaired) electrons. The van der Waals surface area contributed by atoms with Crippen LogP contribution in [0.5, 0.6) is 0 Å². The summed E-state index contributed by atoms with van der Waals surface area (Å²) < 4.78 is 5.00. The second kappa shape index (κ2) is 6.68. The van der Waals surface area contributed by atoms with E-state index in [0.717, 1.165) is 28.5 Å². The third-order valence-electron chi connectivity index (χ3n) is 4.07. The smallest absolute Gasteiger partial charge is 0.414 e. The summed E-state index contributed by atoms with van der Waals surface area (Å²) in [5, 5.41) is 4.60. The molecule has 23 heavy (non-hydrogen) atoms. The van der Waals surface area contributed by atoms with E-state index in [0.29, 0.717) is 13.2 Å². The maximum atomic E-state index is 11.7. The summed E-state index contributed by atoms with van der Waals surface area (Å²) >= 11 is 1.73. The van der Waals surface area contributed by atoms with Crippen molar-refractivity contribution < 1.29 is 9.53 Å². The standard InChI is InChI=1S/C17H21N3O2S/c1-11-13(3)23-16(19-11)10-18-12(2)14-5-4-6-15(9-14)20-7-8-22-17(20)21/h4-6,9,12,18H,7-8,10H2,1-3H3/t12-/m0/s1. The molecule has 1 N–H and O–H groups in total. The number of thiazole rings is 1. The zero-order chi connectivity index (χ0) is 16.4. The van der Waals surface area contributed by atoms with E-state index >= 15 is 0 Å². The van der Waals surface area contributed by atoms with Crippen molar-refractivity contribution in [3.8, 4) is 0 Å². The molecule has 6 heteroatoms. The monoisotopic (exact) mass is 331 g/mol. The molecule has 2 aromatic rings. The van der Waals surface area contributed by atoms with E-state index in [4.69, 9.17) is 4.74 Å². The Hall–Kier alpha value is -1.92. The Morgan fingerprint density at radius 3 is 2.91 bits per heavy atom. The lowest BCUT2D eigenvalue weighted by Crippen LogP contribution is -2.24. The van der Waals surface area contributed by atoms with E-state index in [9.17, 15) is 4.79 Å². The van der Waals surface area contributed by atoms with Crippen molar-refractivity contribution in [2.75, 3.05) is 18.1 Å². The highest BCUT2D eigenvalue weighted by Crippen LogP contribution is 2.24. The number of rotatable bonds is 5. The third-order valence-corrected chi connectivity index (χ3v) is 5.15. The largest absolute Gasteiger partial charge is 0.447 e. The van der Waals surface area contributed by atoms with E-state index in [1.165, 1.54) is 4.88 Å². The Morgan fingerprint density at radius 2 is 2.26 bits per heavy atom. The number of nitrogens with one attached hydrogen (secondary N) is 1. The number of carbonyl (C=O) groups excluding carboxylic acids is 1. The van der Waals surface area contributed by atoms with E-state index in [1.807, 2.05) is 25.1 Å². The Bertz CT molecular complexity index is 694. The fourth-order valence-corrected chi connectivity index (χ4v) is 3.45. The highest BCUT2D eigenvalue weighted by Gasteiger charge is 2.23. The van der Waals surface area contributed by atoms with Crippen molar-refractivity contribution in [3.63, 3.8) is 0 Å². The zero-order valence-electron chi connectivity index (χ0n) is 13.6. The molecule has 1 aromatic carbocycles. The molecule has 122 valence electrons. The number of carbonyl (C=O) groups is 1. The van der Waals surface area contributed by atoms with Crippen LogP contribution in [0.2, 0.25) is 0 Å². The first kappa shape index (κ1) is 16.0. The number of amides is 1. The second-order valence-corrected chi connectivity index (χ2v) is 7.00. The summed E-state index contributed by atoms with van der Waals surface area (Å²) in [7, 11) is 0. The molecule has 5 nitrogen and oxygen atoms in total. The maximum absolute atomic E-state index is 11.7. The van der Waals surface area contributed by atoms with Gasteiger partial charge in [0.25, 0.3) is 0 Å².